The van der Waals surface area contributed by atoms with Gasteiger partial charge in [-0.1, -0.05) is 39.3 Å². The van der Waals surface area contributed by atoms with Crippen LogP contribution in [0.4, 0.5) is 0 Å². The van der Waals surface area contributed by atoms with Gasteiger partial charge in [-0.15, -0.1) is 0 Å². The lowest BCUT2D eigenvalue weighted by atomic mass is 9.69. The third-order valence-electron chi connectivity index (χ3n) is 5.75. The minimum Gasteiger partial charge on any atom is -0.329 e. The van der Waals surface area contributed by atoms with Gasteiger partial charge in [0.15, 0.2) is 0 Å². The molecule has 1 aromatic carbocycles. The minimum absolute atomic E-state index is 0.0396. The van der Waals surface area contributed by atoms with Crippen LogP contribution >= 0.6 is 0 Å². The van der Waals surface area contributed by atoms with Crippen LogP contribution in [-0.2, 0) is 6.54 Å². The molecule has 0 radical (unpaired) electrons. The first-order chi connectivity index (χ1) is 12.0. The number of benzene rings is 1. The Morgan fingerprint density at radius 1 is 1.24 bits per heavy atom. The zero-order valence-electron chi connectivity index (χ0n) is 15.4. The first kappa shape index (κ1) is 17.9. The summed E-state index contributed by atoms with van der Waals surface area (Å²) in [4.78, 5) is 26.4. The highest BCUT2D eigenvalue weighted by molar-refractivity contribution is 5.92. The summed E-state index contributed by atoms with van der Waals surface area (Å²) in [5.74, 6) is 1.18. The lowest BCUT2D eigenvalue weighted by Gasteiger charge is -2.36. The van der Waals surface area contributed by atoms with E-state index >= 15 is 0 Å². The van der Waals surface area contributed by atoms with Gasteiger partial charge in [-0.05, 0) is 42.7 Å². The minimum atomic E-state index is -0.252. The number of nitrogens with zero attached hydrogens (tertiary/aromatic N) is 2. The van der Waals surface area contributed by atoms with Crippen molar-refractivity contribution in [2.75, 3.05) is 6.54 Å². The van der Waals surface area contributed by atoms with Crippen molar-refractivity contribution in [3.8, 4) is 0 Å². The Labute approximate surface area is 148 Å². The Bertz CT molecular complexity index is 818. The number of imidazole rings is 1. The molecular formula is C20H29N3O2. The zero-order chi connectivity index (χ0) is 18.1. The SMILES string of the molecule is CC1CC[C@@H](C(C)C)C(C(=O)n2c(=O)n(CCN)c3ccccc32)C1. The highest BCUT2D eigenvalue weighted by atomic mass is 16.2. The number of hydrogen-bond acceptors (Lipinski definition) is 3. The summed E-state index contributed by atoms with van der Waals surface area (Å²) in [6, 6.07) is 7.52. The van der Waals surface area contributed by atoms with Gasteiger partial charge in [-0.25, -0.2) is 9.36 Å². The molecule has 0 bridgehead atoms. The van der Waals surface area contributed by atoms with Gasteiger partial charge in [0.1, 0.15) is 0 Å². The summed E-state index contributed by atoms with van der Waals surface area (Å²) < 4.78 is 3.03. The molecule has 0 spiro atoms. The van der Waals surface area contributed by atoms with Crippen molar-refractivity contribution in [2.24, 2.45) is 29.4 Å². The third-order valence-corrected chi connectivity index (χ3v) is 5.75. The standard InChI is InChI=1S/C20H29N3O2/c1-13(2)15-9-8-14(3)12-16(15)19(24)23-18-7-5-4-6-17(18)22(11-10-21)20(23)25/h4-7,13-16H,8-12,21H2,1-3H3/t14?,15-,16?/m0/s1. The summed E-state index contributed by atoms with van der Waals surface area (Å²) >= 11 is 0. The number of carbonyl (C=O) groups is 1. The van der Waals surface area contributed by atoms with E-state index < -0.39 is 0 Å². The monoisotopic (exact) mass is 343 g/mol. The molecular weight excluding hydrogens is 314 g/mol. The summed E-state index contributed by atoms with van der Waals surface area (Å²) in [5.41, 5.74) is 6.91. The normalized spacial score (nSPS) is 24.1. The fourth-order valence-corrected chi connectivity index (χ4v) is 4.42. The second-order valence-electron chi connectivity index (χ2n) is 7.82. The van der Waals surface area contributed by atoms with Crippen LogP contribution in [0.2, 0.25) is 0 Å². The van der Waals surface area contributed by atoms with Gasteiger partial charge in [0.25, 0.3) is 0 Å². The Balaban J connectivity index is 2.10. The van der Waals surface area contributed by atoms with E-state index in [1.807, 2.05) is 24.3 Å². The van der Waals surface area contributed by atoms with Crippen LogP contribution in [0.5, 0.6) is 0 Å². The number of carbonyl (C=O) groups excluding carboxylic acids is 1. The second kappa shape index (κ2) is 7.16. The van der Waals surface area contributed by atoms with Gasteiger partial charge in [0.05, 0.1) is 11.0 Å². The van der Waals surface area contributed by atoms with Crippen molar-refractivity contribution in [3.63, 3.8) is 0 Å². The first-order valence-corrected chi connectivity index (χ1v) is 9.40. The predicted octanol–water partition coefficient (Wildman–Crippen LogP) is 3.11. The maximum absolute atomic E-state index is 13.4. The highest BCUT2D eigenvalue weighted by Crippen LogP contribution is 2.39. The molecule has 0 saturated heterocycles. The van der Waals surface area contributed by atoms with Crippen LogP contribution < -0.4 is 11.4 Å². The smallest absolute Gasteiger partial charge is 0.329 e. The maximum Gasteiger partial charge on any atom is 0.336 e. The molecule has 2 aromatic rings. The molecule has 0 aliphatic heterocycles. The molecule has 5 heteroatoms. The molecule has 3 atom stereocenters. The van der Waals surface area contributed by atoms with Gasteiger partial charge in [-0.2, -0.15) is 0 Å². The number of nitrogens with two attached hydrogens (primary N) is 1. The molecule has 3 rings (SSSR count). The van der Waals surface area contributed by atoms with Crippen LogP contribution in [0.15, 0.2) is 29.1 Å². The van der Waals surface area contributed by atoms with E-state index in [4.69, 9.17) is 5.73 Å². The Hall–Kier alpha value is -1.88. The van der Waals surface area contributed by atoms with Crippen LogP contribution in [0.3, 0.4) is 0 Å². The van der Waals surface area contributed by atoms with Crippen LogP contribution in [-0.4, -0.2) is 21.6 Å². The highest BCUT2D eigenvalue weighted by Gasteiger charge is 2.37. The molecule has 5 nitrogen and oxygen atoms in total. The number of fused-ring (bicyclic) bond motifs is 1. The van der Waals surface area contributed by atoms with Crippen molar-refractivity contribution < 1.29 is 4.79 Å². The number of hydrogen-bond donors (Lipinski definition) is 1. The molecule has 0 amide bonds. The quantitative estimate of drug-likeness (QED) is 0.927. The number of rotatable bonds is 4. The fourth-order valence-electron chi connectivity index (χ4n) is 4.42. The van der Waals surface area contributed by atoms with Crippen LogP contribution in [0, 0.1) is 23.7 Å². The fraction of sp³-hybridized carbons (Fsp3) is 0.600. The second-order valence-corrected chi connectivity index (χ2v) is 7.82. The molecule has 1 aliphatic rings. The van der Waals surface area contributed by atoms with Gasteiger partial charge >= 0.3 is 5.69 Å². The van der Waals surface area contributed by atoms with E-state index in [0.29, 0.717) is 36.4 Å². The van der Waals surface area contributed by atoms with E-state index in [0.717, 1.165) is 24.8 Å². The average molecular weight is 343 g/mol. The summed E-state index contributed by atoms with van der Waals surface area (Å²) in [5, 5.41) is 0. The largest absolute Gasteiger partial charge is 0.336 e. The van der Waals surface area contributed by atoms with Crippen molar-refractivity contribution >= 4 is 16.9 Å². The van der Waals surface area contributed by atoms with Crippen molar-refractivity contribution in [2.45, 2.75) is 46.6 Å². The summed E-state index contributed by atoms with van der Waals surface area (Å²) in [6.45, 7) is 7.37. The predicted molar refractivity (Wildman–Crippen MR) is 101 cm³/mol. The van der Waals surface area contributed by atoms with E-state index in [9.17, 15) is 9.59 Å². The van der Waals surface area contributed by atoms with Crippen molar-refractivity contribution in [1.82, 2.24) is 9.13 Å². The average Bonchev–Trinajstić information content (AvgIpc) is 2.86. The molecule has 1 aromatic heterocycles. The molecule has 1 aliphatic carbocycles. The van der Waals surface area contributed by atoms with Crippen molar-refractivity contribution in [1.29, 1.82) is 0 Å². The maximum atomic E-state index is 13.4. The number of aromatic nitrogens is 2. The molecule has 136 valence electrons. The van der Waals surface area contributed by atoms with Crippen molar-refractivity contribution in [3.05, 3.63) is 34.7 Å². The Morgan fingerprint density at radius 2 is 1.92 bits per heavy atom. The van der Waals surface area contributed by atoms with Crippen LogP contribution in [0.1, 0.15) is 44.8 Å². The summed E-state index contributed by atoms with van der Waals surface area (Å²) in [7, 11) is 0. The molecule has 2 N–H and O–H groups in total. The Kier molecular flexibility index (Phi) is 5.13. The zero-order valence-corrected chi connectivity index (χ0v) is 15.4. The third kappa shape index (κ3) is 3.17. The van der Waals surface area contributed by atoms with Gasteiger partial charge in [-0.3, -0.25) is 9.36 Å². The topological polar surface area (TPSA) is 70.0 Å². The van der Waals surface area contributed by atoms with Crippen LogP contribution in [0.25, 0.3) is 11.0 Å². The molecule has 1 heterocycles. The molecule has 1 fully saturated rings. The van der Waals surface area contributed by atoms with E-state index in [1.165, 1.54) is 4.57 Å². The molecule has 2 unspecified atom stereocenters. The summed E-state index contributed by atoms with van der Waals surface area (Å²) in [6.07, 6.45) is 3.09. The lowest BCUT2D eigenvalue weighted by molar-refractivity contribution is 0.0633. The molecule has 1 saturated carbocycles. The van der Waals surface area contributed by atoms with Gasteiger partial charge in [0, 0.05) is 19.0 Å². The van der Waals surface area contributed by atoms with E-state index in [-0.39, 0.29) is 17.5 Å². The van der Waals surface area contributed by atoms with E-state index in [2.05, 4.69) is 20.8 Å². The lowest BCUT2D eigenvalue weighted by Crippen LogP contribution is -2.40. The molecule has 25 heavy (non-hydrogen) atoms. The van der Waals surface area contributed by atoms with Gasteiger partial charge in [0.2, 0.25) is 5.91 Å². The Morgan fingerprint density at radius 3 is 2.56 bits per heavy atom. The number of para-hydroxylation sites is 2. The van der Waals surface area contributed by atoms with Gasteiger partial charge < -0.3 is 5.73 Å². The van der Waals surface area contributed by atoms with E-state index in [1.54, 1.807) is 4.57 Å². The first-order valence-electron chi connectivity index (χ1n) is 9.40.